The van der Waals surface area contributed by atoms with Crippen molar-refractivity contribution in [3.05, 3.63) is 23.5 Å². The van der Waals surface area contributed by atoms with E-state index in [0.717, 1.165) is 11.4 Å². The largest absolute Gasteiger partial charge is 0.387 e. The van der Waals surface area contributed by atoms with Gasteiger partial charge in [-0.2, -0.15) is 0 Å². The zero-order valence-electron chi connectivity index (χ0n) is 15.4. The zero-order chi connectivity index (χ0) is 17.6. The molecule has 0 fully saturated rings. The first-order chi connectivity index (χ1) is 9.84. The average Bonchev–Trinajstić information content (AvgIpc) is 2.32. The molecule has 0 amide bonds. The van der Waals surface area contributed by atoms with Crippen LogP contribution in [-0.2, 0) is 9.59 Å². The molecule has 126 valence electrons. The summed E-state index contributed by atoms with van der Waals surface area (Å²) in [6.45, 7) is 16.6. The molecule has 0 aromatic carbocycles. The molecule has 0 saturated carbocycles. The third-order valence-corrected chi connectivity index (χ3v) is 3.11. The van der Waals surface area contributed by atoms with E-state index in [9.17, 15) is 9.59 Å². The Hall–Kier alpha value is -1.58. The van der Waals surface area contributed by atoms with Crippen LogP contribution in [-0.4, -0.2) is 24.7 Å². The number of allylic oxidation sites excluding steroid dienone is 4. The summed E-state index contributed by atoms with van der Waals surface area (Å²) in [5.41, 5.74) is 1.00. The van der Waals surface area contributed by atoms with Crippen molar-refractivity contribution in [3.63, 3.8) is 0 Å². The van der Waals surface area contributed by atoms with Crippen molar-refractivity contribution in [2.24, 2.45) is 10.8 Å². The van der Waals surface area contributed by atoms with Gasteiger partial charge in [-0.1, -0.05) is 41.5 Å². The molecule has 0 unspecified atom stereocenters. The molecule has 0 rings (SSSR count). The van der Waals surface area contributed by atoms with Crippen LogP contribution < -0.4 is 10.6 Å². The quantitative estimate of drug-likeness (QED) is 0.560. The maximum atomic E-state index is 11.9. The molecule has 0 spiro atoms. The van der Waals surface area contributed by atoms with Crippen molar-refractivity contribution in [1.82, 2.24) is 10.6 Å². The molecule has 0 saturated heterocycles. The summed E-state index contributed by atoms with van der Waals surface area (Å²) in [6.07, 6.45) is 3.29. The van der Waals surface area contributed by atoms with Crippen molar-refractivity contribution in [1.29, 1.82) is 0 Å². The van der Waals surface area contributed by atoms with E-state index in [1.165, 1.54) is 0 Å². The van der Waals surface area contributed by atoms with Gasteiger partial charge in [0.2, 0.25) is 0 Å². The molecule has 0 radical (unpaired) electrons. The molecule has 0 bridgehead atoms. The van der Waals surface area contributed by atoms with Gasteiger partial charge in [0.05, 0.1) is 0 Å². The minimum Gasteiger partial charge on any atom is -0.387 e. The molecule has 0 atom stereocenters. The lowest BCUT2D eigenvalue weighted by atomic mass is 9.90. The minimum atomic E-state index is -0.353. The van der Waals surface area contributed by atoms with E-state index in [1.807, 2.05) is 55.4 Å². The fourth-order valence-corrected chi connectivity index (χ4v) is 1.45. The molecule has 0 heterocycles. The highest BCUT2D eigenvalue weighted by Crippen LogP contribution is 2.16. The van der Waals surface area contributed by atoms with E-state index in [-0.39, 0.29) is 22.4 Å². The summed E-state index contributed by atoms with van der Waals surface area (Å²) < 4.78 is 0. The highest BCUT2D eigenvalue weighted by Gasteiger charge is 2.19. The summed E-state index contributed by atoms with van der Waals surface area (Å²) in [6, 6.07) is 0. The molecule has 0 aromatic heterocycles. The molecule has 0 aliphatic carbocycles. The topological polar surface area (TPSA) is 58.2 Å². The van der Waals surface area contributed by atoms with Crippen LogP contribution in [0.15, 0.2) is 23.5 Å². The minimum absolute atomic E-state index is 0.109. The van der Waals surface area contributed by atoms with Gasteiger partial charge < -0.3 is 10.6 Å². The summed E-state index contributed by atoms with van der Waals surface area (Å²) in [5, 5.41) is 6.38. The Morgan fingerprint density at radius 1 is 0.727 bits per heavy atom. The van der Waals surface area contributed by atoms with Crippen LogP contribution >= 0.6 is 0 Å². The highest BCUT2D eigenvalue weighted by atomic mass is 16.1. The Kier molecular flexibility index (Phi) is 7.57. The normalized spacial score (nSPS) is 13.8. The van der Waals surface area contributed by atoms with E-state index in [0.29, 0.717) is 13.1 Å². The predicted octanol–water partition coefficient (Wildman–Crippen LogP) is 3.20. The Morgan fingerprint density at radius 3 is 1.23 bits per heavy atom. The van der Waals surface area contributed by atoms with Crippen molar-refractivity contribution >= 4 is 11.6 Å². The smallest absolute Gasteiger partial charge is 0.162 e. The summed E-state index contributed by atoms with van der Waals surface area (Å²) in [4.78, 5) is 23.7. The number of rotatable bonds is 7. The predicted molar refractivity (Wildman–Crippen MR) is 92.4 cm³/mol. The van der Waals surface area contributed by atoms with Gasteiger partial charge in [0, 0.05) is 47.5 Å². The Morgan fingerprint density at radius 2 is 1.00 bits per heavy atom. The van der Waals surface area contributed by atoms with E-state index in [4.69, 9.17) is 0 Å². The first kappa shape index (κ1) is 20.4. The number of nitrogens with one attached hydrogen (secondary N) is 2. The fraction of sp³-hybridized carbons (Fsp3) is 0.667. The average molecular weight is 308 g/mol. The Bertz CT molecular complexity index is 416. The van der Waals surface area contributed by atoms with Crippen LogP contribution in [0.2, 0.25) is 0 Å². The molecule has 4 nitrogen and oxygen atoms in total. The van der Waals surface area contributed by atoms with Crippen LogP contribution in [0.5, 0.6) is 0 Å². The van der Waals surface area contributed by atoms with E-state index < -0.39 is 0 Å². The second-order valence-electron chi connectivity index (χ2n) is 7.74. The molecular weight excluding hydrogens is 276 g/mol. The van der Waals surface area contributed by atoms with Gasteiger partial charge in [0.1, 0.15) is 0 Å². The van der Waals surface area contributed by atoms with Crippen molar-refractivity contribution in [2.75, 3.05) is 13.1 Å². The first-order valence-corrected chi connectivity index (χ1v) is 7.77. The van der Waals surface area contributed by atoms with Crippen LogP contribution in [0.3, 0.4) is 0 Å². The first-order valence-electron chi connectivity index (χ1n) is 7.77. The number of carbonyl (C=O) groups excluding carboxylic acids is 2. The highest BCUT2D eigenvalue weighted by molar-refractivity contribution is 5.94. The van der Waals surface area contributed by atoms with Crippen LogP contribution in [0.1, 0.15) is 55.4 Å². The summed E-state index contributed by atoms with van der Waals surface area (Å²) in [5.74, 6) is 0.217. The summed E-state index contributed by atoms with van der Waals surface area (Å²) >= 11 is 0. The third-order valence-electron chi connectivity index (χ3n) is 3.11. The number of hydrogen-bond acceptors (Lipinski definition) is 4. The number of carbonyl (C=O) groups is 2. The van der Waals surface area contributed by atoms with Gasteiger partial charge in [0.25, 0.3) is 0 Å². The molecule has 2 N–H and O–H groups in total. The molecule has 0 aliphatic rings. The second kappa shape index (κ2) is 8.16. The van der Waals surface area contributed by atoms with E-state index in [1.54, 1.807) is 12.2 Å². The fourth-order valence-electron chi connectivity index (χ4n) is 1.45. The zero-order valence-corrected chi connectivity index (χ0v) is 15.4. The van der Waals surface area contributed by atoms with Gasteiger partial charge in [-0.15, -0.1) is 0 Å². The Balaban J connectivity index is 4.24. The molecule has 22 heavy (non-hydrogen) atoms. The molecular formula is C18H32N2O2. The van der Waals surface area contributed by atoms with Crippen LogP contribution in [0.25, 0.3) is 0 Å². The Labute approximate surface area is 135 Å². The van der Waals surface area contributed by atoms with Gasteiger partial charge in [-0.3, -0.25) is 9.59 Å². The van der Waals surface area contributed by atoms with Crippen molar-refractivity contribution in [2.45, 2.75) is 55.4 Å². The second-order valence-corrected chi connectivity index (χ2v) is 7.74. The lowest BCUT2D eigenvalue weighted by Gasteiger charge is -2.16. The standard InChI is InChI=1S/C18H32N2O2/c1-13(11-15(21)17(3,4)5)19-9-10-20-14(2)12-16(22)18(6,7)8/h11-12,19-20H,9-10H2,1-8H3/b13-11+,14-12+. The lowest BCUT2D eigenvalue weighted by molar-refractivity contribution is -0.122. The van der Waals surface area contributed by atoms with Gasteiger partial charge in [-0.05, 0) is 13.8 Å². The van der Waals surface area contributed by atoms with Crippen molar-refractivity contribution in [3.8, 4) is 0 Å². The monoisotopic (exact) mass is 308 g/mol. The van der Waals surface area contributed by atoms with Crippen LogP contribution in [0.4, 0.5) is 0 Å². The maximum absolute atomic E-state index is 11.9. The molecule has 0 aromatic rings. The van der Waals surface area contributed by atoms with Gasteiger partial charge in [0.15, 0.2) is 11.6 Å². The van der Waals surface area contributed by atoms with E-state index >= 15 is 0 Å². The van der Waals surface area contributed by atoms with Crippen LogP contribution in [0, 0.1) is 10.8 Å². The maximum Gasteiger partial charge on any atom is 0.162 e. The SMILES string of the molecule is C/C(=C\C(=O)C(C)(C)C)NCCN/C(C)=C/C(=O)C(C)(C)C. The molecule has 0 aliphatic heterocycles. The lowest BCUT2D eigenvalue weighted by Crippen LogP contribution is -2.27. The number of hydrogen-bond donors (Lipinski definition) is 2. The third kappa shape index (κ3) is 8.65. The number of ketones is 2. The van der Waals surface area contributed by atoms with Gasteiger partial charge >= 0.3 is 0 Å². The van der Waals surface area contributed by atoms with Crippen molar-refractivity contribution < 1.29 is 9.59 Å². The van der Waals surface area contributed by atoms with Gasteiger partial charge in [-0.25, -0.2) is 0 Å². The molecule has 4 heteroatoms. The van der Waals surface area contributed by atoms with E-state index in [2.05, 4.69) is 10.6 Å². The summed E-state index contributed by atoms with van der Waals surface area (Å²) in [7, 11) is 0.